The maximum Gasteiger partial charge on any atom is 0.110 e. The first-order valence-corrected chi connectivity index (χ1v) is 6.43. The zero-order chi connectivity index (χ0) is 11.7. The van der Waals surface area contributed by atoms with Crippen LogP contribution in [0, 0.1) is 0 Å². The summed E-state index contributed by atoms with van der Waals surface area (Å²) in [5, 5.41) is 0. The van der Waals surface area contributed by atoms with Gasteiger partial charge in [-0.05, 0) is 37.0 Å². The number of hydrogen-bond donors (Lipinski definition) is 1. The van der Waals surface area contributed by atoms with Gasteiger partial charge in [-0.15, -0.1) is 0 Å². The third-order valence-electron chi connectivity index (χ3n) is 3.58. The van der Waals surface area contributed by atoms with Crippen LogP contribution in [0.4, 0.5) is 0 Å². The van der Waals surface area contributed by atoms with Gasteiger partial charge in [0, 0.05) is 19.1 Å². The number of rotatable bonds is 2. The highest BCUT2D eigenvalue weighted by Crippen LogP contribution is 2.26. The SMILES string of the molecule is CCc1ccc2nc(C3CCOCC3)[nH]c2c1. The summed E-state index contributed by atoms with van der Waals surface area (Å²) in [6, 6.07) is 6.50. The van der Waals surface area contributed by atoms with Crippen LogP contribution >= 0.6 is 0 Å². The van der Waals surface area contributed by atoms with Gasteiger partial charge in [0.2, 0.25) is 0 Å². The van der Waals surface area contributed by atoms with Gasteiger partial charge in [-0.2, -0.15) is 0 Å². The van der Waals surface area contributed by atoms with Gasteiger partial charge in [-0.1, -0.05) is 13.0 Å². The van der Waals surface area contributed by atoms with Gasteiger partial charge in [0.15, 0.2) is 0 Å². The number of H-pyrrole nitrogens is 1. The highest BCUT2D eigenvalue weighted by molar-refractivity contribution is 5.76. The number of aromatic amines is 1. The third-order valence-corrected chi connectivity index (χ3v) is 3.58. The van der Waals surface area contributed by atoms with Gasteiger partial charge in [-0.3, -0.25) is 0 Å². The van der Waals surface area contributed by atoms with E-state index < -0.39 is 0 Å². The molecule has 3 rings (SSSR count). The van der Waals surface area contributed by atoms with E-state index in [1.54, 1.807) is 0 Å². The van der Waals surface area contributed by atoms with Gasteiger partial charge in [0.05, 0.1) is 11.0 Å². The van der Waals surface area contributed by atoms with Crippen molar-refractivity contribution in [2.75, 3.05) is 13.2 Å². The summed E-state index contributed by atoms with van der Waals surface area (Å²) in [6.45, 7) is 3.90. The van der Waals surface area contributed by atoms with E-state index in [1.807, 2.05) is 0 Å². The number of fused-ring (bicyclic) bond motifs is 1. The van der Waals surface area contributed by atoms with Crippen LogP contribution in [-0.4, -0.2) is 23.2 Å². The minimum Gasteiger partial charge on any atom is -0.381 e. The summed E-state index contributed by atoms with van der Waals surface area (Å²) >= 11 is 0. The number of nitrogens with one attached hydrogen (secondary N) is 1. The Labute approximate surface area is 101 Å². The first kappa shape index (κ1) is 10.8. The molecule has 0 saturated carbocycles. The third kappa shape index (κ3) is 2.07. The van der Waals surface area contributed by atoms with Gasteiger partial charge in [0.25, 0.3) is 0 Å². The number of nitrogens with zero attached hydrogens (tertiary/aromatic N) is 1. The molecule has 1 aromatic carbocycles. The first-order chi connectivity index (χ1) is 8.36. The van der Waals surface area contributed by atoms with Crippen LogP contribution < -0.4 is 0 Å². The van der Waals surface area contributed by atoms with Gasteiger partial charge >= 0.3 is 0 Å². The van der Waals surface area contributed by atoms with Crippen LogP contribution in [0.25, 0.3) is 11.0 Å². The van der Waals surface area contributed by atoms with Crippen molar-refractivity contribution in [3.05, 3.63) is 29.6 Å². The molecule has 0 amide bonds. The van der Waals surface area contributed by atoms with E-state index in [1.165, 1.54) is 11.1 Å². The van der Waals surface area contributed by atoms with Crippen molar-refractivity contribution in [1.82, 2.24) is 9.97 Å². The molecule has 1 fully saturated rings. The Morgan fingerprint density at radius 1 is 1.35 bits per heavy atom. The number of ether oxygens (including phenoxy) is 1. The molecule has 1 aliphatic heterocycles. The lowest BCUT2D eigenvalue weighted by Gasteiger charge is -2.19. The quantitative estimate of drug-likeness (QED) is 0.861. The van der Waals surface area contributed by atoms with E-state index in [-0.39, 0.29) is 0 Å². The number of aromatic nitrogens is 2. The fourth-order valence-corrected chi connectivity index (χ4v) is 2.46. The van der Waals surface area contributed by atoms with Crippen LogP contribution in [0.15, 0.2) is 18.2 Å². The molecule has 0 radical (unpaired) electrons. The highest BCUT2D eigenvalue weighted by atomic mass is 16.5. The number of hydrogen-bond acceptors (Lipinski definition) is 2. The van der Waals surface area contributed by atoms with Gasteiger partial charge < -0.3 is 9.72 Å². The summed E-state index contributed by atoms with van der Waals surface area (Å²) in [5.41, 5.74) is 3.62. The number of imidazole rings is 1. The van der Waals surface area contributed by atoms with Gasteiger partial charge in [-0.25, -0.2) is 4.98 Å². The smallest absolute Gasteiger partial charge is 0.110 e. The lowest BCUT2D eigenvalue weighted by Crippen LogP contribution is -2.15. The van der Waals surface area contributed by atoms with Crippen LogP contribution in [0.2, 0.25) is 0 Å². The van der Waals surface area contributed by atoms with Crippen molar-refractivity contribution in [3.8, 4) is 0 Å². The zero-order valence-electron chi connectivity index (χ0n) is 10.2. The predicted octanol–water partition coefficient (Wildman–Crippen LogP) is 3.02. The Hall–Kier alpha value is -1.35. The van der Waals surface area contributed by atoms with Crippen LogP contribution in [0.5, 0.6) is 0 Å². The summed E-state index contributed by atoms with van der Waals surface area (Å²) in [7, 11) is 0. The molecule has 0 atom stereocenters. The van der Waals surface area contributed by atoms with E-state index in [0.717, 1.165) is 43.8 Å². The lowest BCUT2D eigenvalue weighted by atomic mass is 10.00. The molecular weight excluding hydrogens is 212 g/mol. The zero-order valence-corrected chi connectivity index (χ0v) is 10.2. The monoisotopic (exact) mass is 230 g/mol. The maximum absolute atomic E-state index is 5.39. The molecule has 0 aliphatic carbocycles. The minimum atomic E-state index is 0.543. The standard InChI is InChI=1S/C14H18N2O/c1-2-10-3-4-12-13(9-10)16-14(15-12)11-5-7-17-8-6-11/h3-4,9,11H,2,5-8H2,1H3,(H,15,16). The van der Waals surface area contributed by atoms with E-state index >= 15 is 0 Å². The highest BCUT2D eigenvalue weighted by Gasteiger charge is 2.19. The fraction of sp³-hybridized carbons (Fsp3) is 0.500. The normalized spacial score (nSPS) is 17.7. The molecule has 2 aromatic rings. The Morgan fingerprint density at radius 2 is 2.18 bits per heavy atom. The van der Waals surface area contributed by atoms with Gasteiger partial charge in [0.1, 0.15) is 5.82 Å². The molecule has 3 nitrogen and oxygen atoms in total. The predicted molar refractivity (Wildman–Crippen MR) is 68.3 cm³/mol. The Balaban J connectivity index is 1.95. The van der Waals surface area contributed by atoms with Crippen molar-refractivity contribution in [2.45, 2.75) is 32.1 Å². The summed E-state index contributed by atoms with van der Waals surface area (Å²) < 4.78 is 5.39. The van der Waals surface area contributed by atoms with Crippen molar-refractivity contribution in [2.24, 2.45) is 0 Å². The maximum atomic E-state index is 5.39. The molecule has 2 heterocycles. The van der Waals surface area contributed by atoms with E-state index in [4.69, 9.17) is 9.72 Å². The first-order valence-electron chi connectivity index (χ1n) is 6.43. The summed E-state index contributed by atoms with van der Waals surface area (Å²) in [4.78, 5) is 8.17. The Morgan fingerprint density at radius 3 is 2.94 bits per heavy atom. The van der Waals surface area contributed by atoms with Crippen LogP contribution in [0.3, 0.4) is 0 Å². The average Bonchev–Trinajstić information content (AvgIpc) is 2.82. The molecule has 3 heteroatoms. The second-order valence-corrected chi connectivity index (χ2v) is 4.71. The molecule has 0 spiro atoms. The molecule has 17 heavy (non-hydrogen) atoms. The molecular formula is C14H18N2O. The Kier molecular flexibility index (Phi) is 2.85. The molecule has 1 saturated heterocycles. The molecule has 0 unspecified atom stereocenters. The topological polar surface area (TPSA) is 37.9 Å². The number of aryl methyl sites for hydroxylation is 1. The minimum absolute atomic E-state index is 0.543. The second-order valence-electron chi connectivity index (χ2n) is 4.71. The molecule has 90 valence electrons. The largest absolute Gasteiger partial charge is 0.381 e. The molecule has 1 aliphatic rings. The van der Waals surface area contributed by atoms with E-state index in [9.17, 15) is 0 Å². The van der Waals surface area contributed by atoms with E-state index in [2.05, 4.69) is 30.1 Å². The molecule has 0 bridgehead atoms. The van der Waals surface area contributed by atoms with Crippen molar-refractivity contribution in [3.63, 3.8) is 0 Å². The Bertz CT molecular complexity index is 512. The fourth-order valence-electron chi connectivity index (χ4n) is 2.46. The van der Waals surface area contributed by atoms with Crippen LogP contribution in [0.1, 0.15) is 37.1 Å². The van der Waals surface area contributed by atoms with E-state index in [0.29, 0.717) is 5.92 Å². The lowest BCUT2D eigenvalue weighted by molar-refractivity contribution is 0.0838. The summed E-state index contributed by atoms with van der Waals surface area (Å²) in [5.74, 6) is 1.68. The average molecular weight is 230 g/mol. The number of benzene rings is 1. The van der Waals surface area contributed by atoms with Crippen molar-refractivity contribution < 1.29 is 4.74 Å². The molecule has 1 aromatic heterocycles. The summed E-state index contributed by atoms with van der Waals surface area (Å²) in [6.07, 6.45) is 3.24. The van der Waals surface area contributed by atoms with Crippen molar-refractivity contribution in [1.29, 1.82) is 0 Å². The molecule has 1 N–H and O–H groups in total. The van der Waals surface area contributed by atoms with Crippen LogP contribution in [-0.2, 0) is 11.2 Å². The second kappa shape index (κ2) is 4.49. The van der Waals surface area contributed by atoms with Crippen molar-refractivity contribution >= 4 is 11.0 Å².